The van der Waals surface area contributed by atoms with Gasteiger partial charge in [-0.15, -0.1) is 0 Å². The number of amides is 3. The Morgan fingerprint density at radius 2 is 1.65 bits per heavy atom. The fourth-order valence-electron chi connectivity index (χ4n) is 2.10. The largest absolute Gasteiger partial charge is 0.324 e. The van der Waals surface area contributed by atoms with E-state index in [-0.39, 0.29) is 18.5 Å². The van der Waals surface area contributed by atoms with E-state index in [0.717, 1.165) is 16.8 Å². The van der Waals surface area contributed by atoms with E-state index < -0.39 is 0 Å². The van der Waals surface area contributed by atoms with Gasteiger partial charge in [-0.05, 0) is 43.2 Å². The maximum atomic E-state index is 12.1. The summed E-state index contributed by atoms with van der Waals surface area (Å²) in [6.45, 7) is 3.92. The van der Waals surface area contributed by atoms with Crippen molar-refractivity contribution in [1.82, 2.24) is 4.90 Å². The molecule has 120 valence electrons. The number of nitrogens with zero attached hydrogens (tertiary/aromatic N) is 1. The molecule has 2 aromatic rings. The third-order valence-electron chi connectivity index (χ3n) is 3.63. The fraction of sp³-hybridized carbons (Fsp3) is 0.222. The quantitative estimate of drug-likeness (QED) is 0.909. The van der Waals surface area contributed by atoms with Crippen LogP contribution in [0.2, 0.25) is 0 Å². The van der Waals surface area contributed by atoms with Crippen LogP contribution >= 0.6 is 0 Å². The zero-order valence-electron chi connectivity index (χ0n) is 13.6. The van der Waals surface area contributed by atoms with E-state index in [1.54, 1.807) is 19.2 Å². The Labute approximate surface area is 136 Å². The zero-order valence-corrected chi connectivity index (χ0v) is 13.6. The van der Waals surface area contributed by atoms with E-state index in [4.69, 9.17) is 0 Å². The van der Waals surface area contributed by atoms with Gasteiger partial charge in [-0.2, -0.15) is 0 Å². The Morgan fingerprint density at radius 1 is 0.957 bits per heavy atom. The highest BCUT2D eigenvalue weighted by Crippen LogP contribution is 2.17. The van der Waals surface area contributed by atoms with Crippen LogP contribution in [-0.4, -0.2) is 30.4 Å². The number of para-hydroxylation sites is 1. The first-order chi connectivity index (χ1) is 11.0. The number of carbonyl (C=O) groups is 2. The Balaban J connectivity index is 1.91. The predicted octanol–water partition coefficient (Wildman–Crippen LogP) is 3.41. The lowest BCUT2D eigenvalue weighted by molar-refractivity contribution is -0.116. The summed E-state index contributed by atoms with van der Waals surface area (Å²) in [5.74, 6) is -0.232. The van der Waals surface area contributed by atoms with E-state index in [0.29, 0.717) is 5.69 Å². The molecule has 0 fully saturated rings. The molecule has 0 saturated carbocycles. The summed E-state index contributed by atoms with van der Waals surface area (Å²) in [5, 5.41) is 5.58. The van der Waals surface area contributed by atoms with Gasteiger partial charge in [0.25, 0.3) is 0 Å². The first-order valence-corrected chi connectivity index (χ1v) is 7.40. The molecule has 0 radical (unpaired) electrons. The van der Waals surface area contributed by atoms with Gasteiger partial charge in [0, 0.05) is 18.4 Å². The number of rotatable bonds is 4. The minimum absolute atomic E-state index is 0.0218. The molecule has 0 bridgehead atoms. The molecule has 0 aromatic heterocycles. The van der Waals surface area contributed by atoms with Crippen LogP contribution in [0.4, 0.5) is 16.2 Å². The van der Waals surface area contributed by atoms with Crippen molar-refractivity contribution in [1.29, 1.82) is 0 Å². The highest BCUT2D eigenvalue weighted by atomic mass is 16.2. The highest BCUT2D eigenvalue weighted by Gasteiger charge is 2.14. The highest BCUT2D eigenvalue weighted by molar-refractivity contribution is 5.97. The lowest BCUT2D eigenvalue weighted by Gasteiger charge is -2.18. The van der Waals surface area contributed by atoms with Gasteiger partial charge in [-0.1, -0.05) is 30.3 Å². The van der Waals surface area contributed by atoms with Crippen molar-refractivity contribution < 1.29 is 9.59 Å². The van der Waals surface area contributed by atoms with E-state index in [9.17, 15) is 9.59 Å². The molecule has 23 heavy (non-hydrogen) atoms. The van der Waals surface area contributed by atoms with Gasteiger partial charge in [0.15, 0.2) is 0 Å². The number of hydrogen-bond donors (Lipinski definition) is 2. The summed E-state index contributed by atoms with van der Waals surface area (Å²) >= 11 is 0. The third-order valence-corrected chi connectivity index (χ3v) is 3.63. The molecule has 0 aliphatic heterocycles. The summed E-state index contributed by atoms with van der Waals surface area (Å²) in [5.41, 5.74) is 3.60. The lowest BCUT2D eigenvalue weighted by Crippen LogP contribution is -2.37. The summed E-state index contributed by atoms with van der Waals surface area (Å²) < 4.78 is 0. The van der Waals surface area contributed by atoms with Crippen LogP contribution in [-0.2, 0) is 4.79 Å². The van der Waals surface area contributed by atoms with Crippen LogP contribution < -0.4 is 10.6 Å². The van der Waals surface area contributed by atoms with Crippen molar-refractivity contribution in [3.8, 4) is 0 Å². The third kappa shape index (κ3) is 4.57. The van der Waals surface area contributed by atoms with Gasteiger partial charge >= 0.3 is 6.03 Å². The van der Waals surface area contributed by atoms with Crippen LogP contribution in [0.15, 0.2) is 48.5 Å². The van der Waals surface area contributed by atoms with Crippen molar-refractivity contribution in [2.24, 2.45) is 0 Å². The number of nitrogens with one attached hydrogen (secondary N) is 2. The number of aryl methyl sites for hydroxylation is 1. The Kier molecular flexibility index (Phi) is 5.36. The number of likely N-dealkylation sites (N-methyl/N-ethyl adjacent to an activating group) is 1. The first kappa shape index (κ1) is 16.5. The molecular weight excluding hydrogens is 290 g/mol. The van der Waals surface area contributed by atoms with E-state index in [1.165, 1.54) is 4.90 Å². The second-order valence-electron chi connectivity index (χ2n) is 5.45. The smallest absolute Gasteiger partial charge is 0.322 e. The minimum atomic E-state index is -0.327. The number of hydrogen-bond acceptors (Lipinski definition) is 2. The molecule has 3 amide bonds. The molecule has 0 saturated heterocycles. The average molecular weight is 311 g/mol. The van der Waals surface area contributed by atoms with E-state index in [1.807, 2.05) is 50.2 Å². The lowest BCUT2D eigenvalue weighted by atomic mass is 10.1. The maximum Gasteiger partial charge on any atom is 0.322 e. The summed E-state index contributed by atoms with van der Waals surface area (Å²) in [6.07, 6.45) is 0. The van der Waals surface area contributed by atoms with Crippen LogP contribution in [0.5, 0.6) is 0 Å². The van der Waals surface area contributed by atoms with Crippen LogP contribution in [0.25, 0.3) is 0 Å². The Bertz CT molecular complexity index is 699. The van der Waals surface area contributed by atoms with Crippen molar-refractivity contribution >= 4 is 23.3 Å². The van der Waals surface area contributed by atoms with Crippen molar-refractivity contribution in [3.63, 3.8) is 0 Å². The summed E-state index contributed by atoms with van der Waals surface area (Å²) in [4.78, 5) is 25.5. The van der Waals surface area contributed by atoms with E-state index >= 15 is 0 Å². The fourth-order valence-corrected chi connectivity index (χ4v) is 2.10. The summed E-state index contributed by atoms with van der Waals surface area (Å²) in [6, 6.07) is 14.5. The molecule has 0 spiro atoms. The molecule has 2 aromatic carbocycles. The minimum Gasteiger partial charge on any atom is -0.324 e. The second-order valence-corrected chi connectivity index (χ2v) is 5.45. The molecule has 0 aliphatic rings. The van der Waals surface area contributed by atoms with Crippen LogP contribution in [0.3, 0.4) is 0 Å². The molecular formula is C18H21N3O2. The van der Waals surface area contributed by atoms with E-state index in [2.05, 4.69) is 10.6 Å². The molecule has 0 aliphatic carbocycles. The van der Waals surface area contributed by atoms with Crippen molar-refractivity contribution in [2.75, 3.05) is 24.2 Å². The van der Waals surface area contributed by atoms with Gasteiger partial charge in [0.05, 0.1) is 0 Å². The maximum absolute atomic E-state index is 12.1. The Morgan fingerprint density at radius 3 is 2.35 bits per heavy atom. The zero-order chi connectivity index (χ0) is 16.8. The standard InChI is InChI=1S/C18H21N3O2/c1-13-8-7-11-16(14(13)2)20-17(22)12-21(3)18(23)19-15-9-5-4-6-10-15/h4-11H,12H2,1-3H3,(H,19,23)(H,20,22). The molecule has 0 atom stereocenters. The molecule has 0 unspecified atom stereocenters. The first-order valence-electron chi connectivity index (χ1n) is 7.40. The molecule has 5 nitrogen and oxygen atoms in total. The van der Waals surface area contributed by atoms with Crippen LogP contribution in [0.1, 0.15) is 11.1 Å². The Hall–Kier alpha value is -2.82. The topological polar surface area (TPSA) is 61.4 Å². The second kappa shape index (κ2) is 7.45. The van der Waals surface area contributed by atoms with Crippen molar-refractivity contribution in [3.05, 3.63) is 59.7 Å². The molecule has 2 N–H and O–H groups in total. The average Bonchev–Trinajstić information content (AvgIpc) is 2.52. The van der Waals surface area contributed by atoms with Gasteiger partial charge < -0.3 is 15.5 Å². The van der Waals surface area contributed by atoms with Gasteiger partial charge in [0.1, 0.15) is 6.54 Å². The SMILES string of the molecule is Cc1cccc(NC(=O)CN(C)C(=O)Nc2ccccc2)c1C. The van der Waals surface area contributed by atoms with Crippen molar-refractivity contribution in [2.45, 2.75) is 13.8 Å². The van der Waals surface area contributed by atoms with Gasteiger partial charge in [-0.3, -0.25) is 4.79 Å². The van der Waals surface area contributed by atoms with Crippen LogP contribution in [0, 0.1) is 13.8 Å². The number of carbonyl (C=O) groups excluding carboxylic acids is 2. The summed E-state index contributed by atoms with van der Waals surface area (Å²) in [7, 11) is 1.58. The monoisotopic (exact) mass is 311 g/mol. The number of benzene rings is 2. The molecule has 5 heteroatoms. The normalized spacial score (nSPS) is 10.0. The van der Waals surface area contributed by atoms with Gasteiger partial charge in [-0.25, -0.2) is 4.79 Å². The number of urea groups is 1. The number of anilines is 2. The molecule has 2 rings (SSSR count). The molecule has 0 heterocycles. The predicted molar refractivity (Wildman–Crippen MR) is 92.6 cm³/mol. The van der Waals surface area contributed by atoms with Gasteiger partial charge in [0.2, 0.25) is 5.91 Å².